The third-order valence-electron chi connectivity index (χ3n) is 3.89. The first kappa shape index (κ1) is 13.7. The summed E-state index contributed by atoms with van der Waals surface area (Å²) in [6.45, 7) is 5.40. The Morgan fingerprint density at radius 3 is 2.33 bits per heavy atom. The Morgan fingerprint density at radius 2 is 1.57 bits per heavy atom. The van der Waals surface area contributed by atoms with Gasteiger partial charge in [0.15, 0.2) is 0 Å². The van der Waals surface area contributed by atoms with E-state index in [4.69, 9.17) is 0 Å². The highest BCUT2D eigenvalue weighted by atomic mass is 14.9. The molecule has 2 aromatic carbocycles. The number of nitrogens with one attached hydrogen (secondary N) is 1. The van der Waals surface area contributed by atoms with Crippen molar-refractivity contribution < 1.29 is 0 Å². The first-order chi connectivity index (χ1) is 10.2. The molecule has 1 heterocycles. The summed E-state index contributed by atoms with van der Waals surface area (Å²) in [5.74, 6) is 0.569. The van der Waals surface area contributed by atoms with Crippen LogP contribution in [0.1, 0.15) is 19.4 Å². The molecule has 0 saturated heterocycles. The van der Waals surface area contributed by atoms with Crippen LogP contribution in [0.4, 0.5) is 0 Å². The van der Waals surface area contributed by atoms with Crippen molar-refractivity contribution in [3.63, 3.8) is 0 Å². The molecule has 0 unspecified atom stereocenters. The number of hydrogen-bond acceptors (Lipinski definition) is 1. The SMILES string of the molecule is CC(C)C1=CCNC(c2cccc(-c3ccccc3)c2)=C1. The minimum absolute atomic E-state index is 0.569. The quantitative estimate of drug-likeness (QED) is 0.841. The number of benzene rings is 2. The fraction of sp³-hybridized carbons (Fsp3) is 0.200. The lowest BCUT2D eigenvalue weighted by atomic mass is 9.96. The molecule has 0 saturated carbocycles. The molecule has 0 bridgehead atoms. The molecule has 1 nitrogen and oxygen atoms in total. The molecule has 2 aromatic rings. The minimum atomic E-state index is 0.569. The molecule has 0 aromatic heterocycles. The van der Waals surface area contributed by atoms with E-state index in [0.29, 0.717) is 5.92 Å². The fourth-order valence-electron chi connectivity index (χ4n) is 2.64. The largest absolute Gasteiger partial charge is 0.381 e. The van der Waals surface area contributed by atoms with Crippen molar-refractivity contribution >= 4 is 5.70 Å². The molecule has 0 spiro atoms. The van der Waals surface area contributed by atoms with Crippen LogP contribution in [0.2, 0.25) is 0 Å². The highest BCUT2D eigenvalue weighted by Crippen LogP contribution is 2.25. The van der Waals surface area contributed by atoms with E-state index in [9.17, 15) is 0 Å². The van der Waals surface area contributed by atoms with Crippen molar-refractivity contribution in [2.75, 3.05) is 6.54 Å². The van der Waals surface area contributed by atoms with Crippen LogP contribution in [0, 0.1) is 5.92 Å². The average Bonchev–Trinajstić information content (AvgIpc) is 2.56. The summed E-state index contributed by atoms with van der Waals surface area (Å²) >= 11 is 0. The van der Waals surface area contributed by atoms with Crippen LogP contribution in [0.15, 0.2) is 72.3 Å². The van der Waals surface area contributed by atoms with Gasteiger partial charge >= 0.3 is 0 Å². The van der Waals surface area contributed by atoms with Gasteiger partial charge in [-0.3, -0.25) is 0 Å². The van der Waals surface area contributed by atoms with Gasteiger partial charge in [-0.15, -0.1) is 0 Å². The molecule has 1 aliphatic rings. The lowest BCUT2D eigenvalue weighted by molar-refractivity contribution is 0.774. The predicted molar refractivity (Wildman–Crippen MR) is 90.8 cm³/mol. The molecular weight excluding hydrogens is 254 g/mol. The zero-order chi connectivity index (χ0) is 14.7. The lowest BCUT2D eigenvalue weighted by Gasteiger charge is -2.19. The highest BCUT2D eigenvalue weighted by Gasteiger charge is 2.10. The van der Waals surface area contributed by atoms with Gasteiger partial charge in [0.2, 0.25) is 0 Å². The third-order valence-corrected chi connectivity index (χ3v) is 3.89. The van der Waals surface area contributed by atoms with Crippen molar-refractivity contribution in [2.24, 2.45) is 5.92 Å². The molecule has 1 heteroatoms. The lowest BCUT2D eigenvalue weighted by Crippen LogP contribution is -2.17. The molecular formula is C20H21N. The molecule has 0 fully saturated rings. The molecule has 0 amide bonds. The minimum Gasteiger partial charge on any atom is -0.381 e. The van der Waals surface area contributed by atoms with E-state index < -0.39 is 0 Å². The van der Waals surface area contributed by atoms with Gasteiger partial charge in [0.05, 0.1) is 0 Å². The predicted octanol–water partition coefficient (Wildman–Crippen LogP) is 4.88. The van der Waals surface area contributed by atoms with E-state index in [0.717, 1.165) is 6.54 Å². The van der Waals surface area contributed by atoms with Crippen molar-refractivity contribution in [3.8, 4) is 11.1 Å². The summed E-state index contributed by atoms with van der Waals surface area (Å²) in [5, 5.41) is 3.48. The molecule has 1 aliphatic heterocycles. The monoisotopic (exact) mass is 275 g/mol. The molecule has 3 rings (SSSR count). The number of allylic oxidation sites excluding steroid dienone is 2. The molecule has 0 aliphatic carbocycles. The number of hydrogen-bond donors (Lipinski definition) is 1. The Labute approximate surface area is 127 Å². The molecule has 21 heavy (non-hydrogen) atoms. The Morgan fingerprint density at radius 1 is 0.857 bits per heavy atom. The van der Waals surface area contributed by atoms with Crippen LogP contribution < -0.4 is 5.32 Å². The van der Waals surface area contributed by atoms with Gasteiger partial charge in [-0.2, -0.15) is 0 Å². The molecule has 0 atom stereocenters. The van der Waals surface area contributed by atoms with E-state index in [2.05, 4.69) is 85.9 Å². The first-order valence-electron chi connectivity index (χ1n) is 7.55. The summed E-state index contributed by atoms with van der Waals surface area (Å²) in [5.41, 5.74) is 6.40. The molecule has 106 valence electrons. The van der Waals surface area contributed by atoms with E-state index in [-0.39, 0.29) is 0 Å². The first-order valence-corrected chi connectivity index (χ1v) is 7.55. The Bertz CT molecular complexity index is 678. The summed E-state index contributed by atoms with van der Waals surface area (Å²) in [7, 11) is 0. The Kier molecular flexibility index (Phi) is 3.92. The Hall–Kier alpha value is -2.28. The summed E-state index contributed by atoms with van der Waals surface area (Å²) in [4.78, 5) is 0. The zero-order valence-electron chi connectivity index (χ0n) is 12.6. The summed E-state index contributed by atoms with van der Waals surface area (Å²) in [6.07, 6.45) is 4.55. The number of dihydropyridines is 1. The van der Waals surface area contributed by atoms with Crippen molar-refractivity contribution in [1.82, 2.24) is 5.32 Å². The second kappa shape index (κ2) is 6.01. The summed E-state index contributed by atoms with van der Waals surface area (Å²) < 4.78 is 0. The maximum atomic E-state index is 3.48. The normalized spacial score (nSPS) is 14.4. The van der Waals surface area contributed by atoms with Crippen molar-refractivity contribution in [3.05, 3.63) is 77.9 Å². The average molecular weight is 275 g/mol. The molecule has 1 N–H and O–H groups in total. The maximum absolute atomic E-state index is 3.48. The van der Waals surface area contributed by atoms with Gasteiger partial charge in [0.1, 0.15) is 0 Å². The van der Waals surface area contributed by atoms with E-state index in [1.54, 1.807) is 0 Å². The Balaban J connectivity index is 1.96. The van der Waals surface area contributed by atoms with E-state index in [1.807, 2.05) is 0 Å². The topological polar surface area (TPSA) is 12.0 Å². The van der Waals surface area contributed by atoms with Crippen molar-refractivity contribution in [1.29, 1.82) is 0 Å². The standard InChI is InChI=1S/C20H21N/c1-15(2)17-11-12-21-20(14-17)19-10-6-9-18(13-19)16-7-4-3-5-8-16/h3-11,13-15,21H,12H2,1-2H3. The van der Waals surface area contributed by atoms with E-state index >= 15 is 0 Å². The second-order valence-corrected chi connectivity index (χ2v) is 5.74. The fourth-order valence-corrected chi connectivity index (χ4v) is 2.64. The van der Waals surface area contributed by atoms with Crippen LogP contribution in [0.3, 0.4) is 0 Å². The van der Waals surface area contributed by atoms with Gasteiger partial charge in [0, 0.05) is 12.2 Å². The van der Waals surface area contributed by atoms with Crippen molar-refractivity contribution in [2.45, 2.75) is 13.8 Å². The zero-order valence-corrected chi connectivity index (χ0v) is 12.6. The smallest absolute Gasteiger partial charge is 0.0419 e. The number of rotatable bonds is 3. The third kappa shape index (κ3) is 3.08. The van der Waals surface area contributed by atoms with Crippen LogP contribution in [0.25, 0.3) is 16.8 Å². The van der Waals surface area contributed by atoms with E-state index in [1.165, 1.54) is 28.0 Å². The summed E-state index contributed by atoms with van der Waals surface area (Å²) in [6, 6.07) is 19.3. The van der Waals surface area contributed by atoms with Gasteiger partial charge in [-0.1, -0.05) is 68.5 Å². The molecule has 0 radical (unpaired) electrons. The van der Waals surface area contributed by atoms with Gasteiger partial charge in [-0.25, -0.2) is 0 Å². The van der Waals surface area contributed by atoms with Crippen LogP contribution >= 0.6 is 0 Å². The maximum Gasteiger partial charge on any atom is 0.0419 e. The van der Waals surface area contributed by atoms with Crippen LogP contribution in [-0.4, -0.2) is 6.54 Å². The van der Waals surface area contributed by atoms with Gasteiger partial charge < -0.3 is 5.32 Å². The van der Waals surface area contributed by atoms with Gasteiger partial charge in [0.25, 0.3) is 0 Å². The highest BCUT2D eigenvalue weighted by molar-refractivity contribution is 5.74. The second-order valence-electron chi connectivity index (χ2n) is 5.74. The van der Waals surface area contributed by atoms with Crippen LogP contribution in [-0.2, 0) is 0 Å². The van der Waals surface area contributed by atoms with Gasteiger partial charge in [-0.05, 0) is 40.3 Å². The van der Waals surface area contributed by atoms with Crippen LogP contribution in [0.5, 0.6) is 0 Å².